The number of hydrogen-bond acceptors (Lipinski definition) is 4. The van der Waals surface area contributed by atoms with Crippen LogP contribution in [0.3, 0.4) is 0 Å². The van der Waals surface area contributed by atoms with Gasteiger partial charge in [-0.05, 0) is 38.5 Å². The minimum absolute atomic E-state index is 0.701. The topological polar surface area (TPSA) is 28.2 Å². The molecule has 1 saturated carbocycles. The first-order valence-corrected chi connectivity index (χ1v) is 9.62. The Bertz CT molecular complexity index is 453. The van der Waals surface area contributed by atoms with Crippen molar-refractivity contribution in [3.8, 4) is 0 Å². The molecule has 2 heterocycles. The van der Waals surface area contributed by atoms with Gasteiger partial charge >= 0.3 is 0 Å². The third kappa shape index (κ3) is 3.78. The van der Waals surface area contributed by atoms with E-state index in [0.717, 1.165) is 19.0 Å². The molecule has 4 heteroatoms. The lowest BCUT2D eigenvalue weighted by molar-refractivity contribution is 0.555. The molecule has 1 aromatic rings. The second-order valence-electron chi connectivity index (χ2n) is 6.48. The number of anilines is 1. The van der Waals surface area contributed by atoms with Crippen LogP contribution in [0.2, 0.25) is 0 Å². The van der Waals surface area contributed by atoms with Gasteiger partial charge in [-0.2, -0.15) is 0 Å². The Labute approximate surface area is 133 Å². The van der Waals surface area contributed by atoms with Gasteiger partial charge in [0.25, 0.3) is 0 Å². The fourth-order valence-electron chi connectivity index (χ4n) is 3.29. The van der Waals surface area contributed by atoms with Crippen LogP contribution in [0.5, 0.6) is 0 Å². The van der Waals surface area contributed by atoms with E-state index in [1.807, 2.05) is 11.3 Å². The van der Waals surface area contributed by atoms with E-state index in [1.54, 1.807) is 0 Å². The molecule has 2 aliphatic rings. The third-order valence-electron chi connectivity index (χ3n) is 4.82. The summed E-state index contributed by atoms with van der Waals surface area (Å²) in [4.78, 5) is 9.07. The second-order valence-corrected chi connectivity index (χ2v) is 7.54. The van der Waals surface area contributed by atoms with Crippen LogP contribution >= 0.6 is 11.3 Å². The minimum atomic E-state index is 0.701. The predicted octanol–water partition coefficient (Wildman–Crippen LogP) is 4.12. The number of aryl methyl sites for hydroxylation is 1. The van der Waals surface area contributed by atoms with Crippen molar-refractivity contribution in [3.63, 3.8) is 0 Å². The van der Waals surface area contributed by atoms with Crippen LogP contribution in [0, 0.1) is 0 Å². The summed E-state index contributed by atoms with van der Waals surface area (Å²) in [6, 6.07) is 1.48. The van der Waals surface area contributed by atoms with Gasteiger partial charge in [-0.1, -0.05) is 26.7 Å². The van der Waals surface area contributed by atoms with E-state index in [1.165, 1.54) is 67.2 Å². The molecule has 1 aliphatic heterocycles. The summed E-state index contributed by atoms with van der Waals surface area (Å²) < 4.78 is 0. The maximum atomic E-state index is 5.00. The Balaban J connectivity index is 1.75. The highest BCUT2D eigenvalue weighted by molar-refractivity contribution is 7.15. The second kappa shape index (κ2) is 7.10. The summed E-state index contributed by atoms with van der Waals surface area (Å²) in [6.07, 6.45) is 10.5. The van der Waals surface area contributed by atoms with Gasteiger partial charge in [-0.3, -0.25) is 0 Å². The first-order valence-electron chi connectivity index (χ1n) is 8.80. The van der Waals surface area contributed by atoms with Crippen LogP contribution < -0.4 is 10.2 Å². The van der Waals surface area contributed by atoms with E-state index < -0.39 is 0 Å². The van der Waals surface area contributed by atoms with E-state index in [2.05, 4.69) is 24.1 Å². The molecule has 3 rings (SSSR count). The van der Waals surface area contributed by atoms with E-state index >= 15 is 0 Å². The molecule has 0 spiro atoms. The number of aromatic nitrogens is 1. The minimum Gasteiger partial charge on any atom is -0.345 e. The zero-order chi connectivity index (χ0) is 14.7. The van der Waals surface area contributed by atoms with Gasteiger partial charge < -0.3 is 10.2 Å². The van der Waals surface area contributed by atoms with Crippen LogP contribution in [0.1, 0.15) is 69.4 Å². The molecule has 0 bridgehead atoms. The molecule has 1 N–H and O–H groups in total. The number of nitrogens with one attached hydrogen (secondary N) is 1. The molecule has 0 amide bonds. The highest BCUT2D eigenvalue weighted by Crippen LogP contribution is 2.32. The summed E-state index contributed by atoms with van der Waals surface area (Å²) in [5.41, 5.74) is 1.32. The van der Waals surface area contributed by atoms with Gasteiger partial charge in [-0.25, -0.2) is 4.98 Å². The number of hydrogen-bond donors (Lipinski definition) is 1. The first-order chi connectivity index (χ1) is 10.3. The molecule has 1 aliphatic carbocycles. The molecule has 0 aromatic carbocycles. The van der Waals surface area contributed by atoms with Gasteiger partial charge in [0.15, 0.2) is 5.13 Å². The van der Waals surface area contributed by atoms with Gasteiger partial charge in [-0.15, -0.1) is 11.3 Å². The standard InChI is InChI=1S/C17H29N3S/c1-3-14-8-6-5-7-11-20(14)17-19-15(4-2)16(21-17)12-18-13-9-10-13/h13-14,18H,3-12H2,1-2H3. The van der Waals surface area contributed by atoms with Crippen molar-refractivity contribution in [1.29, 1.82) is 0 Å². The molecular formula is C17H29N3S. The zero-order valence-electron chi connectivity index (χ0n) is 13.5. The average molecular weight is 308 g/mol. The van der Waals surface area contributed by atoms with Crippen LogP contribution in [-0.2, 0) is 13.0 Å². The SMILES string of the molecule is CCc1nc(N2CCCCCC2CC)sc1CNC1CC1. The lowest BCUT2D eigenvalue weighted by Gasteiger charge is -2.28. The van der Waals surface area contributed by atoms with Crippen molar-refractivity contribution in [2.45, 2.75) is 83.8 Å². The van der Waals surface area contributed by atoms with Gasteiger partial charge in [0.2, 0.25) is 0 Å². The maximum absolute atomic E-state index is 5.00. The monoisotopic (exact) mass is 307 g/mol. The fraction of sp³-hybridized carbons (Fsp3) is 0.824. The molecular weight excluding hydrogens is 278 g/mol. The van der Waals surface area contributed by atoms with Crippen LogP contribution in [0.4, 0.5) is 5.13 Å². The molecule has 3 nitrogen and oxygen atoms in total. The molecule has 1 aromatic heterocycles. The quantitative estimate of drug-likeness (QED) is 0.857. The smallest absolute Gasteiger partial charge is 0.186 e. The number of nitrogens with zero attached hydrogens (tertiary/aromatic N) is 2. The Morgan fingerprint density at radius 2 is 2.05 bits per heavy atom. The number of rotatable bonds is 6. The van der Waals surface area contributed by atoms with Crippen LogP contribution in [0.25, 0.3) is 0 Å². The third-order valence-corrected chi connectivity index (χ3v) is 5.96. The largest absolute Gasteiger partial charge is 0.345 e. The summed E-state index contributed by atoms with van der Waals surface area (Å²) in [7, 11) is 0. The van der Waals surface area contributed by atoms with Gasteiger partial charge in [0.1, 0.15) is 0 Å². The van der Waals surface area contributed by atoms with Crippen molar-refractivity contribution in [2.75, 3.05) is 11.4 Å². The fourth-order valence-corrected chi connectivity index (χ4v) is 4.48. The van der Waals surface area contributed by atoms with E-state index in [4.69, 9.17) is 4.98 Å². The molecule has 1 saturated heterocycles. The zero-order valence-corrected chi connectivity index (χ0v) is 14.3. The number of thiazole rings is 1. The maximum Gasteiger partial charge on any atom is 0.186 e. The molecule has 0 radical (unpaired) electrons. The Morgan fingerprint density at radius 3 is 2.76 bits per heavy atom. The Kier molecular flexibility index (Phi) is 5.17. The highest BCUT2D eigenvalue weighted by atomic mass is 32.1. The van der Waals surface area contributed by atoms with Crippen LogP contribution in [-0.4, -0.2) is 23.6 Å². The van der Waals surface area contributed by atoms with E-state index in [0.29, 0.717) is 6.04 Å². The Morgan fingerprint density at radius 1 is 1.19 bits per heavy atom. The highest BCUT2D eigenvalue weighted by Gasteiger charge is 2.25. The van der Waals surface area contributed by atoms with Crippen molar-refractivity contribution in [3.05, 3.63) is 10.6 Å². The van der Waals surface area contributed by atoms with Crippen molar-refractivity contribution in [1.82, 2.24) is 10.3 Å². The summed E-state index contributed by atoms with van der Waals surface area (Å²) >= 11 is 1.94. The van der Waals surface area contributed by atoms with E-state index in [9.17, 15) is 0 Å². The van der Waals surface area contributed by atoms with Gasteiger partial charge in [0, 0.05) is 30.1 Å². The summed E-state index contributed by atoms with van der Waals surface area (Å²) in [5, 5.41) is 4.94. The van der Waals surface area contributed by atoms with Crippen molar-refractivity contribution < 1.29 is 0 Å². The lowest BCUT2D eigenvalue weighted by Crippen LogP contribution is -2.34. The Hall–Kier alpha value is -0.610. The molecule has 118 valence electrons. The molecule has 2 fully saturated rings. The van der Waals surface area contributed by atoms with E-state index in [-0.39, 0.29) is 0 Å². The predicted molar refractivity (Wildman–Crippen MR) is 91.2 cm³/mol. The molecule has 1 unspecified atom stereocenters. The van der Waals surface area contributed by atoms with Crippen LogP contribution in [0.15, 0.2) is 0 Å². The van der Waals surface area contributed by atoms with Crippen molar-refractivity contribution in [2.24, 2.45) is 0 Å². The molecule has 21 heavy (non-hydrogen) atoms. The van der Waals surface area contributed by atoms with Crippen molar-refractivity contribution >= 4 is 16.5 Å². The first kappa shape index (κ1) is 15.3. The average Bonchev–Trinajstić information content (AvgIpc) is 3.28. The summed E-state index contributed by atoms with van der Waals surface area (Å²) in [5.74, 6) is 0. The lowest BCUT2D eigenvalue weighted by atomic mass is 10.1. The molecule has 1 atom stereocenters. The summed E-state index contributed by atoms with van der Waals surface area (Å²) in [6.45, 7) is 6.78. The van der Waals surface area contributed by atoms with Gasteiger partial charge in [0.05, 0.1) is 5.69 Å². The normalized spacial score (nSPS) is 23.3.